The van der Waals surface area contributed by atoms with Gasteiger partial charge in [-0.25, -0.2) is 0 Å². The Bertz CT molecular complexity index is 487. The van der Waals surface area contributed by atoms with E-state index in [0.29, 0.717) is 0 Å². The van der Waals surface area contributed by atoms with Gasteiger partial charge in [-0.3, -0.25) is 0 Å². The van der Waals surface area contributed by atoms with Gasteiger partial charge in [-0.05, 0) is 23.8 Å². The van der Waals surface area contributed by atoms with Crippen LogP contribution < -0.4 is 21.1 Å². The van der Waals surface area contributed by atoms with Crippen LogP contribution in [-0.2, 0) is 0 Å². The van der Waals surface area contributed by atoms with Crippen molar-refractivity contribution in [3.8, 4) is 0 Å². The van der Waals surface area contributed by atoms with Crippen molar-refractivity contribution in [2.24, 2.45) is 0 Å². The van der Waals surface area contributed by atoms with Gasteiger partial charge in [0, 0.05) is 43.6 Å². The number of benzene rings is 1. The number of nitrogens with one attached hydrogen (secondary N) is 3. The van der Waals surface area contributed by atoms with Crippen LogP contribution >= 0.6 is 0 Å². The second-order valence-corrected chi connectivity index (χ2v) is 4.59. The molecular weight excluding hydrogens is 224 g/mol. The van der Waals surface area contributed by atoms with E-state index in [1.807, 2.05) is 6.20 Å². The Labute approximate surface area is 107 Å². The summed E-state index contributed by atoms with van der Waals surface area (Å²) in [6.07, 6.45) is 3.98. The molecule has 4 heteroatoms. The third-order valence-corrected chi connectivity index (χ3v) is 3.41. The minimum absolute atomic E-state index is 0.905. The summed E-state index contributed by atoms with van der Waals surface area (Å²) in [6.45, 7) is 8.28. The zero-order chi connectivity index (χ0) is 12.4. The van der Waals surface area contributed by atoms with Crippen LogP contribution in [0.25, 0.3) is 11.8 Å². The van der Waals surface area contributed by atoms with Crippen molar-refractivity contribution < 1.29 is 0 Å². The molecule has 94 valence electrons. The van der Waals surface area contributed by atoms with E-state index < -0.39 is 0 Å². The third-order valence-electron chi connectivity index (χ3n) is 3.41. The summed E-state index contributed by atoms with van der Waals surface area (Å²) in [5.41, 5.74) is 10.6. The van der Waals surface area contributed by atoms with E-state index in [9.17, 15) is 0 Å². The topological polar surface area (TPSA) is 39.3 Å². The average Bonchev–Trinajstić information content (AvgIpc) is 2.61. The number of hydrogen-bond donors (Lipinski definition) is 3. The second kappa shape index (κ2) is 4.74. The van der Waals surface area contributed by atoms with Gasteiger partial charge in [0.1, 0.15) is 0 Å². The SMILES string of the molecule is C=C1NNC=Cc2cc(N3CCNCC3)ccc21. The summed E-state index contributed by atoms with van der Waals surface area (Å²) in [6, 6.07) is 6.55. The maximum atomic E-state index is 4.02. The van der Waals surface area contributed by atoms with Gasteiger partial charge >= 0.3 is 0 Å². The van der Waals surface area contributed by atoms with Crippen molar-refractivity contribution in [1.29, 1.82) is 0 Å². The number of hydrazine groups is 1. The van der Waals surface area contributed by atoms with Crippen LogP contribution in [0, 0.1) is 0 Å². The van der Waals surface area contributed by atoms with Gasteiger partial charge in [-0.1, -0.05) is 12.6 Å². The standard InChI is InChI=1S/C14H18N4/c1-11-14-3-2-13(18-8-6-15-7-9-18)10-12(14)4-5-16-17-11/h2-5,10,15-17H,1,6-9H2. The Morgan fingerprint density at radius 1 is 1.17 bits per heavy atom. The predicted molar refractivity (Wildman–Crippen MR) is 75.9 cm³/mol. The fourth-order valence-electron chi connectivity index (χ4n) is 2.41. The fraction of sp³-hybridized carbons (Fsp3) is 0.286. The maximum Gasteiger partial charge on any atom is 0.0546 e. The first-order valence-corrected chi connectivity index (χ1v) is 6.32. The molecule has 0 radical (unpaired) electrons. The first-order valence-electron chi connectivity index (χ1n) is 6.32. The Morgan fingerprint density at radius 2 is 2.00 bits per heavy atom. The van der Waals surface area contributed by atoms with Crippen molar-refractivity contribution in [2.75, 3.05) is 31.1 Å². The second-order valence-electron chi connectivity index (χ2n) is 4.59. The first-order chi connectivity index (χ1) is 8.84. The molecule has 2 heterocycles. The van der Waals surface area contributed by atoms with E-state index in [1.54, 1.807) is 0 Å². The van der Waals surface area contributed by atoms with Crippen LogP contribution in [0.4, 0.5) is 5.69 Å². The molecule has 1 fully saturated rings. The Balaban J connectivity index is 1.93. The first kappa shape index (κ1) is 11.2. The monoisotopic (exact) mass is 242 g/mol. The molecule has 1 saturated heterocycles. The zero-order valence-corrected chi connectivity index (χ0v) is 10.4. The van der Waals surface area contributed by atoms with Crippen molar-refractivity contribution >= 4 is 17.5 Å². The van der Waals surface area contributed by atoms with Crippen LogP contribution in [0.3, 0.4) is 0 Å². The summed E-state index contributed by atoms with van der Waals surface area (Å²) in [4.78, 5) is 2.42. The minimum atomic E-state index is 0.905. The highest BCUT2D eigenvalue weighted by Gasteiger charge is 2.13. The van der Waals surface area contributed by atoms with E-state index in [4.69, 9.17) is 0 Å². The molecule has 3 rings (SSSR count). The van der Waals surface area contributed by atoms with Crippen molar-refractivity contribution in [1.82, 2.24) is 16.2 Å². The summed E-state index contributed by atoms with van der Waals surface area (Å²) in [5.74, 6) is 0. The van der Waals surface area contributed by atoms with Crippen LogP contribution in [0.2, 0.25) is 0 Å². The molecule has 0 atom stereocenters. The highest BCUT2D eigenvalue weighted by molar-refractivity contribution is 5.75. The van der Waals surface area contributed by atoms with Crippen molar-refractivity contribution in [3.05, 3.63) is 42.1 Å². The molecule has 0 aromatic heterocycles. The van der Waals surface area contributed by atoms with Gasteiger partial charge in [0.2, 0.25) is 0 Å². The van der Waals surface area contributed by atoms with Gasteiger partial charge in [0.25, 0.3) is 0 Å². The smallest absolute Gasteiger partial charge is 0.0546 e. The summed E-state index contributed by atoms with van der Waals surface area (Å²) >= 11 is 0. The molecule has 0 bridgehead atoms. The minimum Gasteiger partial charge on any atom is -0.369 e. The van der Waals surface area contributed by atoms with Gasteiger partial charge in [-0.15, -0.1) is 0 Å². The number of nitrogens with zero attached hydrogens (tertiary/aromatic N) is 1. The summed E-state index contributed by atoms with van der Waals surface area (Å²) in [5, 5.41) is 3.37. The number of anilines is 1. The lowest BCUT2D eigenvalue weighted by molar-refractivity contribution is 0.589. The number of hydrogen-bond acceptors (Lipinski definition) is 4. The molecule has 1 aromatic rings. The molecule has 4 nitrogen and oxygen atoms in total. The van der Waals surface area contributed by atoms with Gasteiger partial charge < -0.3 is 21.1 Å². The molecule has 0 amide bonds. The molecule has 0 aliphatic carbocycles. The van der Waals surface area contributed by atoms with E-state index >= 15 is 0 Å². The number of rotatable bonds is 1. The lowest BCUT2D eigenvalue weighted by Crippen LogP contribution is -2.43. The van der Waals surface area contributed by atoms with E-state index in [0.717, 1.165) is 37.4 Å². The van der Waals surface area contributed by atoms with Gasteiger partial charge in [0.15, 0.2) is 0 Å². The lowest BCUT2D eigenvalue weighted by Gasteiger charge is -2.30. The van der Waals surface area contributed by atoms with Gasteiger partial charge in [-0.2, -0.15) is 0 Å². The molecule has 0 spiro atoms. The van der Waals surface area contributed by atoms with Crippen LogP contribution in [0.1, 0.15) is 11.1 Å². The van der Waals surface area contributed by atoms with E-state index in [2.05, 4.69) is 51.9 Å². The Hall–Kier alpha value is -1.94. The van der Waals surface area contributed by atoms with Crippen LogP contribution in [0.5, 0.6) is 0 Å². The molecular formula is C14H18N4. The molecule has 0 saturated carbocycles. The van der Waals surface area contributed by atoms with E-state index in [1.165, 1.54) is 11.3 Å². The number of fused-ring (bicyclic) bond motifs is 1. The molecule has 2 aliphatic heterocycles. The van der Waals surface area contributed by atoms with E-state index in [-0.39, 0.29) is 0 Å². The predicted octanol–water partition coefficient (Wildman–Crippen LogP) is 1.15. The molecule has 3 N–H and O–H groups in total. The molecule has 1 aromatic carbocycles. The zero-order valence-electron chi connectivity index (χ0n) is 10.4. The molecule has 2 aliphatic rings. The summed E-state index contributed by atoms with van der Waals surface area (Å²) in [7, 11) is 0. The maximum absolute atomic E-state index is 4.02. The highest BCUT2D eigenvalue weighted by Crippen LogP contribution is 2.25. The fourth-order valence-corrected chi connectivity index (χ4v) is 2.41. The van der Waals surface area contributed by atoms with Crippen LogP contribution in [0.15, 0.2) is 31.0 Å². The Morgan fingerprint density at radius 3 is 2.83 bits per heavy atom. The average molecular weight is 242 g/mol. The lowest BCUT2D eigenvalue weighted by atomic mass is 10.0. The highest BCUT2D eigenvalue weighted by atomic mass is 15.3. The molecule has 18 heavy (non-hydrogen) atoms. The molecule has 0 unspecified atom stereocenters. The quantitative estimate of drug-likeness (QED) is 0.691. The largest absolute Gasteiger partial charge is 0.369 e. The van der Waals surface area contributed by atoms with Crippen LogP contribution in [-0.4, -0.2) is 26.2 Å². The number of piperazine rings is 1. The third kappa shape index (κ3) is 2.07. The summed E-state index contributed by atoms with van der Waals surface area (Å²) < 4.78 is 0. The van der Waals surface area contributed by atoms with Crippen molar-refractivity contribution in [3.63, 3.8) is 0 Å². The van der Waals surface area contributed by atoms with Gasteiger partial charge in [0.05, 0.1) is 5.70 Å². The van der Waals surface area contributed by atoms with Crippen molar-refractivity contribution in [2.45, 2.75) is 0 Å². The normalized spacial score (nSPS) is 18.7. The Kier molecular flexibility index (Phi) is 2.94.